The van der Waals surface area contributed by atoms with Gasteiger partial charge in [-0.1, -0.05) is 0 Å². The first kappa shape index (κ1) is 19.5. The van der Waals surface area contributed by atoms with Crippen molar-refractivity contribution in [3.63, 3.8) is 0 Å². The van der Waals surface area contributed by atoms with Gasteiger partial charge in [0.1, 0.15) is 0 Å². The van der Waals surface area contributed by atoms with Crippen LogP contribution in [0.5, 0.6) is 5.88 Å². The predicted octanol–water partition coefficient (Wildman–Crippen LogP) is 1.66. The van der Waals surface area contributed by atoms with Gasteiger partial charge in [0.25, 0.3) is 0 Å². The number of rotatable bonds is 7. The minimum absolute atomic E-state index is 0.120. The molecule has 0 saturated carbocycles. The fourth-order valence-electron chi connectivity index (χ4n) is 2.78. The average molecular weight is 361 g/mol. The van der Waals surface area contributed by atoms with Gasteiger partial charge in [-0.2, -0.15) is 13.2 Å². The van der Waals surface area contributed by atoms with Gasteiger partial charge >= 0.3 is 6.18 Å². The van der Waals surface area contributed by atoms with Crippen LogP contribution in [0.15, 0.2) is 18.3 Å². The van der Waals surface area contributed by atoms with E-state index in [9.17, 15) is 18.0 Å². The molecule has 1 aromatic rings. The Labute approximate surface area is 144 Å². The number of carbonyl (C=O) groups excluding carboxylic acids is 1. The second-order valence-corrected chi connectivity index (χ2v) is 6.05. The molecular weight excluding hydrogens is 339 g/mol. The van der Waals surface area contributed by atoms with Gasteiger partial charge in [-0.3, -0.25) is 4.79 Å². The van der Waals surface area contributed by atoms with Crippen LogP contribution in [0.2, 0.25) is 0 Å². The zero-order valence-electron chi connectivity index (χ0n) is 14.0. The van der Waals surface area contributed by atoms with E-state index in [1.54, 1.807) is 13.2 Å². The summed E-state index contributed by atoms with van der Waals surface area (Å²) in [5.74, 6) is -0.247. The summed E-state index contributed by atoms with van der Waals surface area (Å²) in [6.45, 7) is 0.585. The third-order valence-electron chi connectivity index (χ3n) is 4.10. The minimum Gasteiger partial charge on any atom is -0.468 e. The molecule has 2 heterocycles. The van der Waals surface area contributed by atoms with Crippen molar-refractivity contribution in [1.29, 1.82) is 0 Å². The van der Waals surface area contributed by atoms with Crippen LogP contribution in [0.1, 0.15) is 18.4 Å². The lowest BCUT2D eigenvalue weighted by molar-refractivity contribution is -0.154. The Morgan fingerprint density at radius 2 is 2.12 bits per heavy atom. The Hall–Kier alpha value is -1.87. The number of halogens is 3. The van der Waals surface area contributed by atoms with E-state index in [0.29, 0.717) is 25.0 Å². The molecule has 1 amide bonds. The van der Waals surface area contributed by atoms with E-state index >= 15 is 0 Å². The highest BCUT2D eigenvalue weighted by atomic mass is 19.4. The predicted molar refractivity (Wildman–Crippen MR) is 84.0 cm³/mol. The maximum atomic E-state index is 12.6. The molecule has 0 atom stereocenters. The van der Waals surface area contributed by atoms with Crippen LogP contribution in [-0.2, 0) is 16.1 Å². The van der Waals surface area contributed by atoms with E-state index in [4.69, 9.17) is 4.74 Å². The molecule has 2 N–H and O–H groups in total. The van der Waals surface area contributed by atoms with E-state index in [0.717, 1.165) is 13.1 Å². The van der Waals surface area contributed by atoms with Crippen LogP contribution in [0.4, 0.5) is 13.2 Å². The number of ether oxygens (including phenoxy) is 2. The van der Waals surface area contributed by atoms with E-state index in [1.807, 2.05) is 0 Å². The van der Waals surface area contributed by atoms with E-state index in [-0.39, 0.29) is 18.3 Å². The number of hydrogen-bond donors (Lipinski definition) is 2. The second kappa shape index (κ2) is 8.48. The molecule has 25 heavy (non-hydrogen) atoms. The lowest BCUT2D eigenvalue weighted by Crippen LogP contribution is -2.49. The number of amides is 1. The van der Waals surface area contributed by atoms with Crippen molar-refractivity contribution in [3.05, 3.63) is 23.9 Å². The second-order valence-electron chi connectivity index (χ2n) is 6.05. The van der Waals surface area contributed by atoms with Gasteiger partial charge in [0.2, 0.25) is 11.8 Å². The van der Waals surface area contributed by atoms with E-state index < -0.39 is 18.2 Å². The number of carbonyl (C=O) groups is 1. The lowest BCUT2D eigenvalue weighted by Gasteiger charge is -2.35. The van der Waals surface area contributed by atoms with Crippen LogP contribution >= 0.6 is 0 Å². The zero-order valence-corrected chi connectivity index (χ0v) is 14.0. The van der Waals surface area contributed by atoms with Crippen molar-refractivity contribution in [2.45, 2.75) is 25.6 Å². The standard InChI is InChI=1S/C16H22F3N3O3/c1-24-10-15(3-6-20-7-4-15)14(23)22-9-12-2-5-21-13(8-12)25-11-16(17,18)19/h2,5,8,20H,3-4,6-7,9-11H2,1H3,(H,22,23). The summed E-state index contributed by atoms with van der Waals surface area (Å²) in [5.41, 5.74) is 0.0323. The highest BCUT2D eigenvalue weighted by Crippen LogP contribution is 2.29. The molecule has 1 saturated heterocycles. The molecular formula is C16H22F3N3O3. The normalized spacial score (nSPS) is 17.1. The molecule has 0 bridgehead atoms. The Morgan fingerprint density at radius 1 is 1.40 bits per heavy atom. The Bertz CT molecular complexity index is 570. The van der Waals surface area contributed by atoms with Crippen LogP contribution < -0.4 is 15.4 Å². The summed E-state index contributed by atoms with van der Waals surface area (Å²) >= 11 is 0. The van der Waals surface area contributed by atoms with Crippen LogP contribution in [0.25, 0.3) is 0 Å². The number of methoxy groups -OCH3 is 1. The van der Waals surface area contributed by atoms with Gasteiger partial charge in [-0.15, -0.1) is 0 Å². The van der Waals surface area contributed by atoms with Gasteiger partial charge in [-0.05, 0) is 37.6 Å². The van der Waals surface area contributed by atoms with Gasteiger partial charge in [0.15, 0.2) is 6.61 Å². The average Bonchev–Trinajstić information content (AvgIpc) is 2.59. The fourth-order valence-corrected chi connectivity index (χ4v) is 2.78. The van der Waals surface area contributed by atoms with E-state index in [1.165, 1.54) is 12.3 Å². The molecule has 1 aromatic heterocycles. The molecule has 0 radical (unpaired) electrons. The van der Waals surface area contributed by atoms with Crippen molar-refractivity contribution >= 4 is 5.91 Å². The van der Waals surface area contributed by atoms with Gasteiger partial charge < -0.3 is 20.1 Å². The highest BCUT2D eigenvalue weighted by Gasteiger charge is 2.39. The summed E-state index contributed by atoms with van der Waals surface area (Å²) in [6.07, 6.45) is -1.73. The molecule has 1 aliphatic heterocycles. The highest BCUT2D eigenvalue weighted by molar-refractivity contribution is 5.83. The molecule has 0 spiro atoms. The van der Waals surface area contributed by atoms with Gasteiger partial charge in [0, 0.05) is 25.9 Å². The summed E-state index contributed by atoms with van der Waals surface area (Å²) in [5, 5.41) is 6.05. The minimum atomic E-state index is -4.42. The number of pyridine rings is 1. The molecule has 1 aliphatic rings. The maximum absolute atomic E-state index is 12.6. The monoisotopic (exact) mass is 361 g/mol. The van der Waals surface area contributed by atoms with Crippen molar-refractivity contribution < 1.29 is 27.4 Å². The lowest BCUT2D eigenvalue weighted by atomic mass is 9.78. The first-order chi connectivity index (χ1) is 11.8. The van der Waals surface area contributed by atoms with Crippen molar-refractivity contribution in [1.82, 2.24) is 15.6 Å². The number of aromatic nitrogens is 1. The Morgan fingerprint density at radius 3 is 2.76 bits per heavy atom. The SMILES string of the molecule is COCC1(C(=O)NCc2ccnc(OCC(F)(F)F)c2)CCNCC1. The number of hydrogen-bond acceptors (Lipinski definition) is 5. The number of nitrogens with one attached hydrogen (secondary N) is 2. The molecule has 2 rings (SSSR count). The first-order valence-corrected chi connectivity index (χ1v) is 7.97. The largest absolute Gasteiger partial charge is 0.468 e. The van der Waals surface area contributed by atoms with Crippen LogP contribution in [0, 0.1) is 5.41 Å². The smallest absolute Gasteiger partial charge is 0.422 e. The van der Waals surface area contributed by atoms with E-state index in [2.05, 4.69) is 20.4 Å². The third-order valence-corrected chi connectivity index (χ3v) is 4.10. The zero-order chi connectivity index (χ0) is 18.3. The fraction of sp³-hybridized carbons (Fsp3) is 0.625. The van der Waals surface area contributed by atoms with Crippen LogP contribution in [0.3, 0.4) is 0 Å². The van der Waals surface area contributed by atoms with Gasteiger partial charge in [0.05, 0.1) is 12.0 Å². The summed E-state index contributed by atoms with van der Waals surface area (Å²) in [4.78, 5) is 16.4. The van der Waals surface area contributed by atoms with Crippen molar-refractivity contribution in [2.24, 2.45) is 5.41 Å². The summed E-state index contributed by atoms with van der Waals surface area (Å²) < 4.78 is 46.4. The topological polar surface area (TPSA) is 72.5 Å². The Balaban J connectivity index is 1.94. The Kier molecular flexibility index (Phi) is 6.60. The number of alkyl halides is 3. The molecule has 140 valence electrons. The molecule has 0 aliphatic carbocycles. The summed E-state index contributed by atoms with van der Waals surface area (Å²) in [6, 6.07) is 3.00. The van der Waals surface area contributed by atoms with Crippen molar-refractivity contribution in [2.75, 3.05) is 33.4 Å². The first-order valence-electron chi connectivity index (χ1n) is 7.97. The quantitative estimate of drug-likeness (QED) is 0.773. The molecule has 1 fully saturated rings. The molecule has 6 nitrogen and oxygen atoms in total. The van der Waals surface area contributed by atoms with Crippen molar-refractivity contribution in [3.8, 4) is 5.88 Å². The molecule has 0 unspecified atom stereocenters. The number of nitrogens with zero attached hydrogens (tertiary/aromatic N) is 1. The third kappa shape index (κ3) is 5.86. The molecule has 9 heteroatoms. The van der Waals surface area contributed by atoms with Gasteiger partial charge in [-0.25, -0.2) is 4.98 Å². The number of piperidine rings is 1. The maximum Gasteiger partial charge on any atom is 0.422 e. The molecule has 0 aromatic carbocycles. The van der Waals surface area contributed by atoms with Crippen LogP contribution in [-0.4, -0.2) is 50.5 Å². The summed E-state index contributed by atoms with van der Waals surface area (Å²) in [7, 11) is 1.56.